The van der Waals surface area contributed by atoms with Crippen LogP contribution in [0, 0.1) is 26.7 Å². The lowest BCUT2D eigenvalue weighted by Crippen LogP contribution is -2.17. The second-order valence-electron chi connectivity index (χ2n) is 6.59. The van der Waals surface area contributed by atoms with Crippen LogP contribution < -0.4 is 14.8 Å². The van der Waals surface area contributed by atoms with Crippen molar-refractivity contribution in [2.75, 3.05) is 19.5 Å². The van der Waals surface area contributed by atoms with Gasteiger partial charge < -0.3 is 14.8 Å². The van der Waals surface area contributed by atoms with E-state index in [1.54, 1.807) is 14.2 Å². The zero-order chi connectivity index (χ0) is 18.1. The molecular formula is C20H24N2O3. The van der Waals surface area contributed by atoms with E-state index in [0.29, 0.717) is 0 Å². The van der Waals surface area contributed by atoms with Gasteiger partial charge in [-0.2, -0.15) is 0 Å². The smallest absolute Gasteiger partial charge is 0.228 e. The van der Waals surface area contributed by atoms with Crippen LogP contribution in [-0.2, 0) is 4.79 Å². The molecule has 1 aromatic carbocycles. The molecule has 3 rings (SSSR count). The van der Waals surface area contributed by atoms with Gasteiger partial charge in [-0.05, 0) is 57.0 Å². The maximum absolute atomic E-state index is 12.7. The first kappa shape index (κ1) is 17.3. The average molecular weight is 340 g/mol. The highest BCUT2D eigenvalue weighted by molar-refractivity contribution is 5.96. The zero-order valence-corrected chi connectivity index (χ0v) is 15.3. The van der Waals surface area contributed by atoms with Gasteiger partial charge in [-0.3, -0.25) is 9.78 Å². The Labute approximate surface area is 148 Å². The number of hydrogen-bond acceptors (Lipinski definition) is 4. The van der Waals surface area contributed by atoms with E-state index in [1.165, 1.54) is 0 Å². The van der Waals surface area contributed by atoms with Crippen LogP contribution in [0.5, 0.6) is 11.5 Å². The summed E-state index contributed by atoms with van der Waals surface area (Å²) < 4.78 is 10.7. The molecule has 2 aromatic rings. The minimum atomic E-state index is -0.0545. The molecule has 0 saturated heterocycles. The Balaban J connectivity index is 1.77. The Morgan fingerprint density at radius 1 is 1.16 bits per heavy atom. The lowest BCUT2D eigenvalue weighted by Gasteiger charge is -2.13. The molecule has 0 radical (unpaired) electrons. The van der Waals surface area contributed by atoms with E-state index in [2.05, 4.69) is 10.3 Å². The number of amides is 1. The van der Waals surface area contributed by atoms with Gasteiger partial charge in [0.05, 0.1) is 25.6 Å². The number of ether oxygens (including phenoxy) is 2. The topological polar surface area (TPSA) is 60.5 Å². The van der Waals surface area contributed by atoms with Gasteiger partial charge in [0.1, 0.15) is 11.5 Å². The number of carbonyl (C=O) groups is 1. The normalized spacial score (nSPS) is 18.6. The van der Waals surface area contributed by atoms with Crippen LogP contribution in [0.3, 0.4) is 0 Å². The van der Waals surface area contributed by atoms with Crippen molar-refractivity contribution in [3.63, 3.8) is 0 Å². The summed E-state index contributed by atoms with van der Waals surface area (Å²) in [5.74, 6) is 1.71. The molecule has 1 amide bonds. The molecule has 1 N–H and O–H groups in total. The number of pyridine rings is 1. The molecule has 1 fully saturated rings. The monoisotopic (exact) mass is 340 g/mol. The van der Waals surface area contributed by atoms with Crippen LogP contribution in [0.25, 0.3) is 0 Å². The molecule has 2 atom stereocenters. The molecule has 0 aliphatic heterocycles. The lowest BCUT2D eigenvalue weighted by atomic mass is 10.1. The number of aromatic nitrogens is 1. The highest BCUT2D eigenvalue weighted by Gasteiger charge is 2.45. The molecule has 0 spiro atoms. The first-order valence-electron chi connectivity index (χ1n) is 8.42. The largest absolute Gasteiger partial charge is 0.497 e. The predicted molar refractivity (Wildman–Crippen MR) is 97.5 cm³/mol. The van der Waals surface area contributed by atoms with E-state index in [9.17, 15) is 4.79 Å². The van der Waals surface area contributed by atoms with Gasteiger partial charge in [0.15, 0.2) is 0 Å². The van der Waals surface area contributed by atoms with Crippen LogP contribution in [0.1, 0.15) is 34.9 Å². The highest BCUT2D eigenvalue weighted by atomic mass is 16.5. The van der Waals surface area contributed by atoms with Crippen LogP contribution in [-0.4, -0.2) is 25.1 Å². The third-order valence-electron chi connectivity index (χ3n) is 4.74. The Hall–Kier alpha value is -2.56. The summed E-state index contributed by atoms with van der Waals surface area (Å²) in [6.45, 7) is 5.87. The molecule has 5 heteroatoms. The molecule has 1 saturated carbocycles. The number of carbonyl (C=O) groups excluding carboxylic acids is 1. The molecule has 25 heavy (non-hydrogen) atoms. The van der Waals surface area contributed by atoms with Crippen molar-refractivity contribution in [2.45, 2.75) is 33.1 Å². The van der Waals surface area contributed by atoms with Crippen molar-refractivity contribution >= 4 is 11.6 Å². The van der Waals surface area contributed by atoms with Crippen molar-refractivity contribution in [3.8, 4) is 11.5 Å². The number of anilines is 1. The first-order valence-corrected chi connectivity index (χ1v) is 8.42. The highest BCUT2D eigenvalue weighted by Crippen LogP contribution is 2.51. The second-order valence-corrected chi connectivity index (χ2v) is 6.59. The fraction of sp³-hybridized carbons (Fsp3) is 0.400. The number of aryl methyl sites for hydroxylation is 3. The van der Waals surface area contributed by atoms with Gasteiger partial charge in [0.25, 0.3) is 0 Å². The summed E-state index contributed by atoms with van der Waals surface area (Å²) in [4.78, 5) is 17.1. The number of nitrogens with one attached hydrogen (secondary N) is 1. The molecule has 0 bridgehead atoms. The zero-order valence-electron chi connectivity index (χ0n) is 15.3. The van der Waals surface area contributed by atoms with Crippen molar-refractivity contribution in [1.82, 2.24) is 4.98 Å². The van der Waals surface area contributed by atoms with Gasteiger partial charge in [-0.1, -0.05) is 0 Å². The van der Waals surface area contributed by atoms with E-state index in [0.717, 1.165) is 46.1 Å². The Morgan fingerprint density at radius 2 is 1.92 bits per heavy atom. The fourth-order valence-electron chi connectivity index (χ4n) is 3.39. The number of rotatable bonds is 5. The number of hydrogen-bond donors (Lipinski definition) is 1. The van der Waals surface area contributed by atoms with Gasteiger partial charge in [-0.15, -0.1) is 0 Å². The third kappa shape index (κ3) is 3.45. The molecule has 1 heterocycles. The van der Waals surface area contributed by atoms with Crippen molar-refractivity contribution < 1.29 is 14.3 Å². The van der Waals surface area contributed by atoms with E-state index >= 15 is 0 Å². The van der Waals surface area contributed by atoms with Crippen LogP contribution in [0.4, 0.5) is 5.69 Å². The fourth-order valence-corrected chi connectivity index (χ4v) is 3.39. The van der Waals surface area contributed by atoms with Gasteiger partial charge in [0.2, 0.25) is 5.91 Å². The number of methoxy groups -OCH3 is 2. The molecule has 1 aliphatic rings. The maximum atomic E-state index is 12.7. The summed E-state index contributed by atoms with van der Waals surface area (Å²) in [5.41, 5.74) is 4.69. The quantitative estimate of drug-likeness (QED) is 0.900. The molecular weight excluding hydrogens is 316 g/mol. The van der Waals surface area contributed by atoms with E-state index in [1.807, 2.05) is 45.0 Å². The lowest BCUT2D eigenvalue weighted by molar-refractivity contribution is -0.117. The Bertz CT molecular complexity index is 794. The SMILES string of the molecule is COc1ccc(OC)c([C@H]2C[C@@H]2C(=O)Nc2c(C)cc(C)nc2C)c1. The predicted octanol–water partition coefficient (Wildman–Crippen LogP) is 3.77. The Kier molecular flexibility index (Phi) is 4.66. The van der Waals surface area contributed by atoms with E-state index in [4.69, 9.17) is 9.47 Å². The van der Waals surface area contributed by atoms with Gasteiger partial charge in [0, 0.05) is 23.1 Å². The van der Waals surface area contributed by atoms with Crippen molar-refractivity contribution in [1.29, 1.82) is 0 Å². The summed E-state index contributed by atoms with van der Waals surface area (Å²) >= 11 is 0. The third-order valence-corrected chi connectivity index (χ3v) is 4.74. The number of nitrogens with zero attached hydrogens (tertiary/aromatic N) is 1. The molecule has 5 nitrogen and oxygen atoms in total. The van der Waals surface area contributed by atoms with Gasteiger partial charge in [-0.25, -0.2) is 0 Å². The molecule has 1 aliphatic carbocycles. The minimum absolute atomic E-state index is 0.0340. The Morgan fingerprint density at radius 3 is 2.56 bits per heavy atom. The van der Waals surface area contributed by atoms with Crippen LogP contribution in [0.15, 0.2) is 24.3 Å². The standard InChI is InChI=1S/C20H24N2O3/c1-11-8-12(2)21-13(3)19(11)22-20(23)17-10-15(17)16-9-14(24-4)6-7-18(16)25-5/h6-9,15,17H,10H2,1-5H3,(H,22,23)/t15-,17+/m1/s1. The average Bonchev–Trinajstić information content (AvgIpc) is 3.38. The summed E-state index contributed by atoms with van der Waals surface area (Å²) in [6, 6.07) is 7.70. The second kappa shape index (κ2) is 6.75. The summed E-state index contributed by atoms with van der Waals surface area (Å²) in [6.07, 6.45) is 0.812. The van der Waals surface area contributed by atoms with Crippen LogP contribution in [0.2, 0.25) is 0 Å². The minimum Gasteiger partial charge on any atom is -0.497 e. The summed E-state index contributed by atoms with van der Waals surface area (Å²) in [7, 11) is 3.28. The molecule has 0 unspecified atom stereocenters. The first-order chi connectivity index (χ1) is 11.9. The molecule has 132 valence electrons. The van der Waals surface area contributed by atoms with E-state index < -0.39 is 0 Å². The van der Waals surface area contributed by atoms with Gasteiger partial charge >= 0.3 is 0 Å². The van der Waals surface area contributed by atoms with Crippen LogP contribution >= 0.6 is 0 Å². The summed E-state index contributed by atoms with van der Waals surface area (Å²) in [5, 5.41) is 3.06. The van der Waals surface area contributed by atoms with Crippen molar-refractivity contribution in [2.24, 2.45) is 5.92 Å². The van der Waals surface area contributed by atoms with E-state index in [-0.39, 0.29) is 17.7 Å². The number of benzene rings is 1. The molecule has 1 aromatic heterocycles. The maximum Gasteiger partial charge on any atom is 0.228 e. The van der Waals surface area contributed by atoms with Crippen molar-refractivity contribution in [3.05, 3.63) is 46.8 Å².